The number of ether oxygens (including phenoxy) is 1. The summed E-state index contributed by atoms with van der Waals surface area (Å²) in [6.45, 7) is 1.35. The lowest BCUT2D eigenvalue weighted by Gasteiger charge is -2.23. The third kappa shape index (κ3) is 2.84. The highest BCUT2D eigenvalue weighted by Crippen LogP contribution is 2.52. The van der Waals surface area contributed by atoms with Gasteiger partial charge in [0, 0.05) is 23.6 Å². The summed E-state index contributed by atoms with van der Waals surface area (Å²) in [4.78, 5) is 31.3. The van der Waals surface area contributed by atoms with Crippen LogP contribution in [0, 0.1) is 11.8 Å². The maximum absolute atomic E-state index is 13.2. The Morgan fingerprint density at radius 2 is 2.16 bits per heavy atom. The number of hydrogen-bond donors (Lipinski definition) is 2. The van der Waals surface area contributed by atoms with Crippen LogP contribution in [0.25, 0.3) is 10.9 Å². The molecule has 2 saturated heterocycles. The lowest BCUT2D eigenvalue weighted by atomic mass is 9.77. The second kappa shape index (κ2) is 6.85. The van der Waals surface area contributed by atoms with Crippen molar-refractivity contribution in [3.8, 4) is 0 Å². The second-order valence-corrected chi connectivity index (χ2v) is 8.57. The summed E-state index contributed by atoms with van der Waals surface area (Å²) in [6.07, 6.45) is 7.87. The zero-order valence-corrected chi connectivity index (χ0v) is 16.9. The summed E-state index contributed by atoms with van der Waals surface area (Å²) in [7, 11) is 0. The van der Waals surface area contributed by atoms with Crippen molar-refractivity contribution in [1.29, 1.82) is 0 Å². The second-order valence-electron chi connectivity index (χ2n) is 8.57. The molecule has 6 rings (SSSR count). The number of fused-ring (bicyclic) bond motifs is 2. The molecule has 7 nitrogen and oxygen atoms in total. The number of hydrogen-bond acceptors (Lipinski definition) is 4. The van der Waals surface area contributed by atoms with Crippen LogP contribution in [0.4, 0.5) is 0 Å². The van der Waals surface area contributed by atoms with Crippen LogP contribution >= 0.6 is 0 Å². The summed E-state index contributed by atoms with van der Waals surface area (Å²) in [5, 5.41) is 4.21. The van der Waals surface area contributed by atoms with E-state index in [2.05, 4.69) is 16.4 Å². The number of aromatic amines is 1. The molecule has 0 aliphatic carbocycles. The Kier molecular flexibility index (Phi) is 4.08. The Bertz CT molecular complexity index is 1180. The minimum absolute atomic E-state index is 0.0416. The number of likely N-dealkylation sites (tertiary alicyclic amines) is 1. The Morgan fingerprint density at radius 1 is 1.26 bits per heavy atom. The Labute approximate surface area is 179 Å². The number of nitrogens with zero attached hydrogens (tertiary/aromatic N) is 1. The molecule has 158 valence electrons. The van der Waals surface area contributed by atoms with Crippen LogP contribution in [0.15, 0.2) is 65.4 Å². The van der Waals surface area contributed by atoms with Crippen LogP contribution in [0.1, 0.15) is 11.3 Å². The third-order valence-corrected chi connectivity index (χ3v) is 6.78. The van der Waals surface area contributed by atoms with Gasteiger partial charge < -0.3 is 24.4 Å². The van der Waals surface area contributed by atoms with E-state index in [9.17, 15) is 9.59 Å². The summed E-state index contributed by atoms with van der Waals surface area (Å²) < 4.78 is 11.6. The number of benzene rings is 1. The molecule has 2 aromatic heterocycles. The molecule has 0 unspecified atom stereocenters. The van der Waals surface area contributed by atoms with E-state index in [1.54, 1.807) is 17.2 Å². The molecule has 2 bridgehead atoms. The topological polar surface area (TPSA) is 87.6 Å². The molecule has 5 heterocycles. The minimum atomic E-state index is -0.701. The van der Waals surface area contributed by atoms with Gasteiger partial charge in [-0.15, -0.1) is 0 Å². The molecule has 1 spiro atoms. The normalized spacial score (nSPS) is 28.6. The molecule has 3 aliphatic rings. The Morgan fingerprint density at radius 3 is 3.03 bits per heavy atom. The maximum atomic E-state index is 13.2. The van der Waals surface area contributed by atoms with Crippen LogP contribution in [0.5, 0.6) is 0 Å². The number of carbonyl (C=O) groups is 2. The highest BCUT2D eigenvalue weighted by Gasteiger charge is 2.66. The largest absolute Gasteiger partial charge is 0.467 e. The van der Waals surface area contributed by atoms with Gasteiger partial charge in [0.15, 0.2) is 0 Å². The van der Waals surface area contributed by atoms with Crippen molar-refractivity contribution in [1.82, 2.24) is 15.2 Å². The van der Waals surface area contributed by atoms with Gasteiger partial charge in [0.1, 0.15) is 11.4 Å². The van der Waals surface area contributed by atoms with Crippen molar-refractivity contribution in [2.45, 2.75) is 24.7 Å². The van der Waals surface area contributed by atoms with Crippen molar-refractivity contribution in [3.63, 3.8) is 0 Å². The summed E-state index contributed by atoms with van der Waals surface area (Å²) in [6, 6.07) is 11.8. The fraction of sp³-hybridized carbons (Fsp3) is 0.333. The van der Waals surface area contributed by atoms with Crippen molar-refractivity contribution < 1.29 is 18.7 Å². The van der Waals surface area contributed by atoms with Crippen LogP contribution in [0.3, 0.4) is 0 Å². The lowest BCUT2D eigenvalue weighted by Crippen LogP contribution is -2.44. The van der Waals surface area contributed by atoms with Gasteiger partial charge in [0.2, 0.25) is 11.8 Å². The average molecular weight is 417 g/mol. The highest BCUT2D eigenvalue weighted by molar-refractivity contribution is 5.93. The van der Waals surface area contributed by atoms with E-state index in [4.69, 9.17) is 9.15 Å². The van der Waals surface area contributed by atoms with Crippen LogP contribution in [0.2, 0.25) is 0 Å². The molecule has 0 radical (unpaired) electrons. The predicted molar refractivity (Wildman–Crippen MR) is 113 cm³/mol. The zero-order valence-electron chi connectivity index (χ0n) is 16.9. The number of carbonyl (C=O) groups excluding carboxylic acids is 2. The van der Waals surface area contributed by atoms with Gasteiger partial charge in [-0.25, -0.2) is 0 Å². The molecule has 2 amide bonds. The highest BCUT2D eigenvalue weighted by atomic mass is 16.5. The van der Waals surface area contributed by atoms with Crippen molar-refractivity contribution in [3.05, 3.63) is 72.3 Å². The average Bonchev–Trinajstić information content (AvgIpc) is 3.58. The Hall–Kier alpha value is -3.32. The number of para-hydroxylation sites is 1. The van der Waals surface area contributed by atoms with Crippen molar-refractivity contribution in [2.24, 2.45) is 11.8 Å². The molecular formula is C24H23N3O4. The summed E-state index contributed by atoms with van der Waals surface area (Å²) in [5.41, 5.74) is 1.55. The van der Waals surface area contributed by atoms with Crippen LogP contribution in [-0.2, 0) is 27.3 Å². The first-order chi connectivity index (χ1) is 15.1. The number of rotatable bonds is 6. The smallest absolute Gasteiger partial charge is 0.230 e. The Balaban J connectivity index is 1.15. The quantitative estimate of drug-likeness (QED) is 0.603. The number of amides is 2. The number of aromatic nitrogens is 1. The minimum Gasteiger partial charge on any atom is -0.467 e. The van der Waals surface area contributed by atoms with E-state index in [0.717, 1.165) is 23.3 Å². The predicted octanol–water partition coefficient (Wildman–Crippen LogP) is 2.40. The third-order valence-electron chi connectivity index (χ3n) is 6.78. The molecule has 2 N–H and O–H groups in total. The van der Waals surface area contributed by atoms with Gasteiger partial charge in [0.25, 0.3) is 0 Å². The van der Waals surface area contributed by atoms with E-state index in [1.807, 2.05) is 42.6 Å². The van der Waals surface area contributed by atoms with E-state index in [0.29, 0.717) is 19.6 Å². The molecule has 0 saturated carbocycles. The molecule has 3 aliphatic heterocycles. The fourth-order valence-electron chi connectivity index (χ4n) is 5.38. The monoisotopic (exact) mass is 417 g/mol. The van der Waals surface area contributed by atoms with Crippen LogP contribution in [-0.4, -0.2) is 46.5 Å². The van der Waals surface area contributed by atoms with Gasteiger partial charge in [-0.1, -0.05) is 30.4 Å². The fourth-order valence-corrected chi connectivity index (χ4v) is 5.38. The van der Waals surface area contributed by atoms with E-state index >= 15 is 0 Å². The zero-order chi connectivity index (χ0) is 21.0. The standard InChI is InChI=1S/C24H23N3O4/c28-22(25-10-8-15-12-26-18-6-2-1-5-17(15)18)20-19-7-9-24(31-19)14-27(23(29)21(20)24)13-16-4-3-11-30-16/h1-7,9,11-12,19-21,26H,8,10,13-14H2,(H,25,28)/t19-,20+,21-,24+/m0/s1. The molecule has 4 atom stereocenters. The van der Waals surface area contributed by atoms with Crippen molar-refractivity contribution >= 4 is 22.7 Å². The van der Waals surface area contributed by atoms with Crippen molar-refractivity contribution in [2.75, 3.05) is 13.1 Å². The van der Waals surface area contributed by atoms with Gasteiger partial charge in [-0.2, -0.15) is 0 Å². The molecular weight excluding hydrogens is 394 g/mol. The number of H-pyrrole nitrogens is 1. The lowest BCUT2D eigenvalue weighted by molar-refractivity contribution is -0.138. The first-order valence-corrected chi connectivity index (χ1v) is 10.7. The van der Waals surface area contributed by atoms with E-state index in [-0.39, 0.29) is 17.9 Å². The maximum Gasteiger partial charge on any atom is 0.230 e. The van der Waals surface area contributed by atoms with Gasteiger partial charge >= 0.3 is 0 Å². The molecule has 7 heteroatoms. The molecule has 2 fully saturated rings. The van der Waals surface area contributed by atoms with Gasteiger partial charge in [0.05, 0.1) is 37.3 Å². The number of furan rings is 1. The van der Waals surface area contributed by atoms with Crippen LogP contribution < -0.4 is 5.32 Å². The number of nitrogens with one attached hydrogen (secondary N) is 2. The first-order valence-electron chi connectivity index (χ1n) is 10.7. The SMILES string of the molecule is O=C(NCCc1c[nH]c2ccccc12)[C@@H]1[C@@H]2C=C[C@]3(CN(Cc4ccco4)C(=O)[C@H]13)O2. The molecule has 3 aromatic rings. The molecule has 1 aromatic carbocycles. The van der Waals surface area contributed by atoms with Gasteiger partial charge in [-0.3, -0.25) is 9.59 Å². The summed E-state index contributed by atoms with van der Waals surface area (Å²) >= 11 is 0. The molecule has 31 heavy (non-hydrogen) atoms. The first kappa shape index (κ1) is 18.4. The van der Waals surface area contributed by atoms with E-state index in [1.165, 1.54) is 5.39 Å². The van der Waals surface area contributed by atoms with E-state index < -0.39 is 17.4 Å². The van der Waals surface area contributed by atoms with Gasteiger partial charge in [-0.05, 0) is 30.2 Å². The summed E-state index contributed by atoms with van der Waals surface area (Å²) in [5.74, 6) is -0.412.